The van der Waals surface area contributed by atoms with Crippen molar-refractivity contribution < 1.29 is 4.79 Å². The van der Waals surface area contributed by atoms with Crippen LogP contribution in [0.4, 0.5) is 0 Å². The van der Waals surface area contributed by atoms with Gasteiger partial charge in [0.25, 0.3) is 0 Å². The van der Waals surface area contributed by atoms with E-state index in [-0.39, 0.29) is 5.91 Å². The number of amides is 1. The molecule has 0 fully saturated rings. The molecule has 1 aliphatic rings. The molecular weight excluding hydrogens is 336 g/mol. The third-order valence-electron chi connectivity index (χ3n) is 5.07. The van der Waals surface area contributed by atoms with Crippen molar-refractivity contribution >= 4 is 22.8 Å². The zero-order chi connectivity index (χ0) is 18.5. The summed E-state index contributed by atoms with van der Waals surface area (Å²) in [7, 11) is 0. The molecule has 5 nitrogen and oxygen atoms in total. The van der Waals surface area contributed by atoms with Gasteiger partial charge in [-0.1, -0.05) is 48.9 Å². The van der Waals surface area contributed by atoms with Gasteiger partial charge in [0.1, 0.15) is 11.6 Å². The number of rotatable bonds is 5. The number of carbonyl (C=O) groups excluding carboxylic acids is 1. The number of fused-ring (bicyclic) bond motifs is 2. The van der Waals surface area contributed by atoms with Gasteiger partial charge in [-0.05, 0) is 35.3 Å². The Morgan fingerprint density at radius 2 is 1.96 bits per heavy atom. The standard InChI is InChI=1S/C22H24N4O/c27-22(13-12-18-9-6-8-17-7-3-4-10-19(17)18)23-15-14-21-25-24-20-11-2-1-5-16-26(20)21/h3-4,6-10,12-13H,1-2,5,11,14-16H2,(H,23,27)/b13-12+. The molecule has 1 aromatic heterocycles. The fourth-order valence-corrected chi connectivity index (χ4v) is 3.65. The minimum absolute atomic E-state index is 0.0847. The Hall–Kier alpha value is -2.95. The molecule has 1 N–H and O–H groups in total. The van der Waals surface area contributed by atoms with Gasteiger partial charge in [0.2, 0.25) is 5.91 Å². The predicted octanol–water partition coefficient (Wildman–Crippen LogP) is 3.53. The molecule has 0 unspecified atom stereocenters. The molecule has 2 heterocycles. The van der Waals surface area contributed by atoms with Crippen LogP contribution in [0.2, 0.25) is 0 Å². The Kier molecular flexibility index (Phi) is 5.28. The van der Waals surface area contributed by atoms with Crippen molar-refractivity contribution in [2.45, 2.75) is 38.6 Å². The molecule has 5 heteroatoms. The number of carbonyl (C=O) groups is 1. The van der Waals surface area contributed by atoms with E-state index in [1.807, 2.05) is 30.3 Å². The van der Waals surface area contributed by atoms with E-state index in [0.717, 1.165) is 35.6 Å². The van der Waals surface area contributed by atoms with Gasteiger partial charge in [0, 0.05) is 32.0 Å². The van der Waals surface area contributed by atoms with Crippen molar-refractivity contribution in [1.29, 1.82) is 0 Å². The Morgan fingerprint density at radius 3 is 2.93 bits per heavy atom. The smallest absolute Gasteiger partial charge is 0.244 e. The fourth-order valence-electron chi connectivity index (χ4n) is 3.65. The largest absolute Gasteiger partial charge is 0.352 e. The number of hydrogen-bond acceptors (Lipinski definition) is 3. The second kappa shape index (κ2) is 8.16. The van der Waals surface area contributed by atoms with Crippen LogP contribution >= 0.6 is 0 Å². The van der Waals surface area contributed by atoms with Gasteiger partial charge in [-0.3, -0.25) is 4.79 Å². The van der Waals surface area contributed by atoms with E-state index < -0.39 is 0 Å². The normalized spacial score (nSPS) is 14.2. The Labute approximate surface area is 159 Å². The lowest BCUT2D eigenvalue weighted by atomic mass is 10.0. The SMILES string of the molecule is O=C(/C=C/c1cccc2ccccc12)NCCc1nnc2n1CCCCC2. The fraction of sp³-hybridized carbons (Fsp3) is 0.318. The van der Waals surface area contributed by atoms with E-state index in [9.17, 15) is 4.79 Å². The summed E-state index contributed by atoms with van der Waals surface area (Å²) < 4.78 is 2.23. The minimum atomic E-state index is -0.0847. The molecule has 3 aromatic rings. The van der Waals surface area contributed by atoms with Gasteiger partial charge in [0.15, 0.2) is 0 Å². The first-order valence-electron chi connectivity index (χ1n) is 9.66. The molecule has 0 saturated heterocycles. The summed E-state index contributed by atoms with van der Waals surface area (Å²) in [5.41, 5.74) is 1.05. The highest BCUT2D eigenvalue weighted by molar-refractivity contribution is 5.96. The summed E-state index contributed by atoms with van der Waals surface area (Å²) in [6.07, 6.45) is 8.81. The van der Waals surface area contributed by atoms with Crippen LogP contribution < -0.4 is 5.32 Å². The number of aryl methyl sites for hydroxylation is 1. The first-order valence-corrected chi connectivity index (χ1v) is 9.66. The number of nitrogens with zero attached hydrogens (tertiary/aromatic N) is 3. The Balaban J connectivity index is 1.35. The molecule has 1 amide bonds. The van der Waals surface area contributed by atoms with Crippen molar-refractivity contribution in [3.8, 4) is 0 Å². The summed E-state index contributed by atoms with van der Waals surface area (Å²) in [5, 5.41) is 13.9. The lowest BCUT2D eigenvalue weighted by molar-refractivity contribution is -0.116. The predicted molar refractivity (Wildman–Crippen MR) is 107 cm³/mol. The lowest BCUT2D eigenvalue weighted by Crippen LogP contribution is -2.24. The van der Waals surface area contributed by atoms with E-state index in [4.69, 9.17) is 0 Å². The van der Waals surface area contributed by atoms with E-state index in [1.165, 1.54) is 24.6 Å². The van der Waals surface area contributed by atoms with Gasteiger partial charge in [-0.15, -0.1) is 10.2 Å². The van der Waals surface area contributed by atoms with Gasteiger partial charge in [-0.2, -0.15) is 0 Å². The van der Waals surface area contributed by atoms with E-state index in [2.05, 4.69) is 38.3 Å². The lowest BCUT2D eigenvalue weighted by Gasteiger charge is -2.07. The Bertz CT molecular complexity index is 968. The van der Waals surface area contributed by atoms with Crippen LogP contribution in [0.25, 0.3) is 16.8 Å². The monoisotopic (exact) mass is 360 g/mol. The van der Waals surface area contributed by atoms with Crippen molar-refractivity contribution in [3.63, 3.8) is 0 Å². The van der Waals surface area contributed by atoms with Crippen LogP contribution in [0.1, 0.15) is 36.5 Å². The molecule has 138 valence electrons. The second-order valence-electron chi connectivity index (χ2n) is 6.94. The second-order valence-corrected chi connectivity index (χ2v) is 6.94. The molecule has 0 saturated carbocycles. The number of hydrogen-bond donors (Lipinski definition) is 1. The van der Waals surface area contributed by atoms with Crippen molar-refractivity contribution in [1.82, 2.24) is 20.1 Å². The van der Waals surface area contributed by atoms with E-state index in [1.54, 1.807) is 6.08 Å². The quantitative estimate of drug-likeness (QED) is 0.708. The van der Waals surface area contributed by atoms with Crippen LogP contribution in [-0.4, -0.2) is 27.2 Å². The molecule has 0 bridgehead atoms. The topological polar surface area (TPSA) is 59.8 Å². The number of benzene rings is 2. The first kappa shape index (κ1) is 17.5. The van der Waals surface area contributed by atoms with Crippen LogP contribution in [-0.2, 0) is 24.2 Å². The first-order chi connectivity index (χ1) is 13.3. The van der Waals surface area contributed by atoms with Gasteiger partial charge >= 0.3 is 0 Å². The van der Waals surface area contributed by atoms with Crippen molar-refractivity contribution in [2.75, 3.05) is 6.54 Å². The van der Waals surface area contributed by atoms with Crippen LogP contribution in [0.3, 0.4) is 0 Å². The van der Waals surface area contributed by atoms with Crippen molar-refractivity contribution in [2.24, 2.45) is 0 Å². The van der Waals surface area contributed by atoms with Crippen molar-refractivity contribution in [3.05, 3.63) is 65.8 Å². The number of aromatic nitrogens is 3. The summed E-state index contributed by atoms with van der Waals surface area (Å²) in [6.45, 7) is 1.56. The third-order valence-corrected chi connectivity index (χ3v) is 5.07. The zero-order valence-corrected chi connectivity index (χ0v) is 15.4. The third kappa shape index (κ3) is 4.08. The average Bonchev–Trinajstić information content (AvgIpc) is 2.93. The van der Waals surface area contributed by atoms with E-state index in [0.29, 0.717) is 13.0 Å². The van der Waals surface area contributed by atoms with Gasteiger partial charge in [0.05, 0.1) is 0 Å². The molecule has 0 radical (unpaired) electrons. The molecular formula is C22H24N4O. The maximum atomic E-state index is 12.2. The van der Waals surface area contributed by atoms with Gasteiger partial charge < -0.3 is 9.88 Å². The molecule has 4 rings (SSSR count). The average molecular weight is 360 g/mol. The summed E-state index contributed by atoms with van der Waals surface area (Å²) in [5.74, 6) is 1.98. The highest BCUT2D eigenvalue weighted by atomic mass is 16.1. The van der Waals surface area contributed by atoms with E-state index >= 15 is 0 Å². The highest BCUT2D eigenvalue weighted by Crippen LogP contribution is 2.19. The minimum Gasteiger partial charge on any atom is -0.352 e. The maximum absolute atomic E-state index is 12.2. The Morgan fingerprint density at radius 1 is 1.07 bits per heavy atom. The van der Waals surface area contributed by atoms with Gasteiger partial charge in [-0.25, -0.2) is 0 Å². The molecule has 1 aliphatic heterocycles. The molecule has 0 aliphatic carbocycles. The summed E-state index contributed by atoms with van der Waals surface area (Å²) in [4.78, 5) is 12.2. The molecule has 27 heavy (non-hydrogen) atoms. The highest BCUT2D eigenvalue weighted by Gasteiger charge is 2.14. The summed E-state index contributed by atoms with van der Waals surface area (Å²) in [6, 6.07) is 14.3. The molecule has 2 aromatic carbocycles. The number of nitrogens with one attached hydrogen (secondary N) is 1. The maximum Gasteiger partial charge on any atom is 0.244 e. The molecule has 0 atom stereocenters. The zero-order valence-electron chi connectivity index (χ0n) is 15.4. The van der Waals surface area contributed by atoms with Crippen LogP contribution in [0.5, 0.6) is 0 Å². The van der Waals surface area contributed by atoms with Crippen LogP contribution in [0.15, 0.2) is 48.5 Å². The van der Waals surface area contributed by atoms with Crippen LogP contribution in [0, 0.1) is 0 Å². The molecule has 0 spiro atoms. The summed E-state index contributed by atoms with van der Waals surface area (Å²) >= 11 is 0.